The predicted octanol–water partition coefficient (Wildman–Crippen LogP) is 6.03. The molecule has 1 atom stereocenters. The quantitative estimate of drug-likeness (QED) is 0.330. The van der Waals surface area contributed by atoms with Crippen LogP contribution in [0.2, 0.25) is 0 Å². The summed E-state index contributed by atoms with van der Waals surface area (Å²) in [4.78, 5) is 18.5. The number of alkyl halides is 3. The molecule has 0 saturated heterocycles. The molecule has 0 radical (unpaired) electrons. The number of hydrogen-bond donors (Lipinski definition) is 1. The maximum absolute atomic E-state index is 15.0. The number of halogens is 3. The molecule has 44 heavy (non-hydrogen) atoms. The van der Waals surface area contributed by atoms with E-state index in [4.69, 9.17) is 13.9 Å². The molecule has 1 N–H and O–H groups in total. The van der Waals surface area contributed by atoms with Crippen molar-refractivity contribution >= 4 is 27.4 Å². The van der Waals surface area contributed by atoms with Crippen LogP contribution < -0.4 is 10.2 Å². The van der Waals surface area contributed by atoms with Crippen LogP contribution in [0.5, 0.6) is 0 Å². The maximum Gasteiger partial charge on any atom is 0.426 e. The number of nitrogens with one attached hydrogen (secondary N) is 1. The number of carbonyl (C=O) groups excluding carboxylic acids is 1. The van der Waals surface area contributed by atoms with Crippen LogP contribution in [0.1, 0.15) is 51.5 Å². The number of hydrogen-bond acceptors (Lipinski definition) is 10. The van der Waals surface area contributed by atoms with Crippen molar-refractivity contribution in [3.63, 3.8) is 0 Å². The summed E-state index contributed by atoms with van der Waals surface area (Å²) >= 11 is 0. The second kappa shape index (κ2) is 12.6. The average molecular weight is 638 g/mol. The zero-order valence-corrected chi connectivity index (χ0v) is 25.8. The highest BCUT2D eigenvalue weighted by Crippen LogP contribution is 2.47. The highest BCUT2D eigenvalue weighted by molar-refractivity contribution is 7.90. The largest absolute Gasteiger partial charge is 0.444 e. The van der Waals surface area contributed by atoms with E-state index in [1.54, 1.807) is 75.2 Å². The lowest BCUT2D eigenvalue weighted by molar-refractivity contribution is -0.299. The molecular formula is C29H34F3N5O6S. The molecule has 1 unspecified atom stereocenters. The molecule has 4 rings (SSSR count). The molecule has 1 aliphatic heterocycles. The number of amides is 1. The Morgan fingerprint density at radius 2 is 1.80 bits per heavy atom. The molecule has 11 nitrogen and oxygen atoms in total. The highest BCUT2D eigenvalue weighted by Gasteiger charge is 2.61. The number of pyridine rings is 1. The van der Waals surface area contributed by atoms with E-state index < -0.39 is 58.1 Å². The Hall–Kier alpha value is -3.98. The van der Waals surface area contributed by atoms with Crippen LogP contribution >= 0.6 is 0 Å². The van der Waals surface area contributed by atoms with Gasteiger partial charge in [-0.05, 0) is 51.7 Å². The molecule has 3 aromatic rings. The summed E-state index contributed by atoms with van der Waals surface area (Å²) in [7, 11) is -2.29. The molecule has 2 aromatic heterocycles. The van der Waals surface area contributed by atoms with Gasteiger partial charge in [0.25, 0.3) is 11.8 Å². The predicted molar refractivity (Wildman–Crippen MR) is 156 cm³/mol. The Kier molecular flexibility index (Phi) is 9.40. The van der Waals surface area contributed by atoms with Gasteiger partial charge in [0.15, 0.2) is 15.5 Å². The van der Waals surface area contributed by atoms with Crippen molar-refractivity contribution in [3.05, 3.63) is 60.0 Å². The second-order valence-electron chi connectivity index (χ2n) is 11.3. The Morgan fingerprint density at radius 1 is 1.11 bits per heavy atom. The summed E-state index contributed by atoms with van der Waals surface area (Å²) in [6.45, 7) is 4.75. The number of fused-ring (bicyclic) bond motifs is 5. The van der Waals surface area contributed by atoms with E-state index in [0.717, 1.165) is 12.3 Å². The van der Waals surface area contributed by atoms with E-state index in [9.17, 15) is 26.4 Å². The van der Waals surface area contributed by atoms with Gasteiger partial charge < -0.3 is 18.8 Å². The summed E-state index contributed by atoms with van der Waals surface area (Å²) in [6.07, 6.45) is -1.92. The first-order valence-corrected chi connectivity index (χ1v) is 15.6. The summed E-state index contributed by atoms with van der Waals surface area (Å²) in [5.74, 6) is -1.39. The van der Waals surface area contributed by atoms with E-state index in [1.807, 2.05) is 0 Å². The molecule has 238 valence electrons. The Morgan fingerprint density at radius 3 is 2.43 bits per heavy atom. The van der Waals surface area contributed by atoms with Crippen molar-refractivity contribution in [2.75, 3.05) is 30.1 Å². The summed E-state index contributed by atoms with van der Waals surface area (Å²) in [5, 5.41) is 10.1. The first kappa shape index (κ1) is 32.9. The molecule has 1 aromatic carbocycles. The molecule has 4 bridgehead atoms. The Labute approximate surface area is 253 Å². The van der Waals surface area contributed by atoms with Crippen molar-refractivity contribution in [1.82, 2.24) is 15.2 Å². The zero-order chi connectivity index (χ0) is 32.3. The fourth-order valence-corrected chi connectivity index (χ4v) is 5.31. The molecule has 1 aliphatic rings. The fourth-order valence-electron chi connectivity index (χ4n) is 4.45. The molecular weight excluding hydrogens is 603 g/mol. The number of aromatic nitrogens is 3. The van der Waals surface area contributed by atoms with Crippen LogP contribution in [-0.2, 0) is 31.5 Å². The summed E-state index contributed by atoms with van der Waals surface area (Å²) in [5.41, 5.74) is -3.88. The number of allylic oxidation sites excluding steroid dienone is 1. The number of carbonyl (C=O) groups is 1. The van der Waals surface area contributed by atoms with Gasteiger partial charge in [0.05, 0.1) is 12.3 Å². The fraction of sp³-hybridized carbons (Fsp3) is 0.448. The SMILES string of the molecule is CN1CCC=CCCC(OCc2ccccc2)(C(F)(F)F)c2nnc(o2)-c2nc1c(S(C)(=O)=O)cc2NC(=O)OC(C)(C)C. The van der Waals surface area contributed by atoms with Gasteiger partial charge in [-0.1, -0.05) is 42.5 Å². The van der Waals surface area contributed by atoms with Gasteiger partial charge >= 0.3 is 12.3 Å². The third-order valence-corrected chi connectivity index (χ3v) is 7.68. The zero-order valence-electron chi connectivity index (χ0n) is 24.9. The standard InChI is InChI=1S/C29H34F3N5O6S/c1-27(2,3)43-26(38)33-20-17-21(44(5,39)40)23-34-22(20)24-35-36-25(42-24)28(29(30,31)32,15-11-6-7-12-16-37(23)4)41-18-19-13-9-8-10-14-19/h6-10,13-14,17H,11-12,15-16,18H2,1-5H3,(H,33,38). The third kappa shape index (κ3) is 7.56. The first-order chi connectivity index (χ1) is 20.5. The highest BCUT2D eigenvalue weighted by atomic mass is 32.2. The van der Waals surface area contributed by atoms with Gasteiger partial charge in [0.2, 0.25) is 5.60 Å². The molecule has 0 saturated carbocycles. The van der Waals surface area contributed by atoms with E-state index in [1.165, 1.54) is 0 Å². The van der Waals surface area contributed by atoms with Crippen molar-refractivity contribution in [1.29, 1.82) is 0 Å². The molecule has 15 heteroatoms. The maximum atomic E-state index is 15.0. The van der Waals surface area contributed by atoms with Gasteiger partial charge in [0, 0.05) is 19.8 Å². The topological polar surface area (TPSA) is 137 Å². The van der Waals surface area contributed by atoms with Gasteiger partial charge in [-0.2, -0.15) is 13.2 Å². The minimum absolute atomic E-state index is 0.0233. The van der Waals surface area contributed by atoms with Gasteiger partial charge in [-0.3, -0.25) is 5.32 Å². The van der Waals surface area contributed by atoms with E-state index in [-0.39, 0.29) is 35.1 Å². The minimum atomic E-state index is -4.98. The Bertz CT molecular complexity index is 1620. The number of sulfone groups is 1. The van der Waals surface area contributed by atoms with Crippen molar-refractivity contribution in [2.24, 2.45) is 0 Å². The van der Waals surface area contributed by atoms with Gasteiger partial charge in [-0.25, -0.2) is 18.2 Å². The van der Waals surface area contributed by atoms with Crippen LogP contribution in [-0.4, -0.2) is 61.3 Å². The third-order valence-electron chi connectivity index (χ3n) is 6.59. The lowest BCUT2D eigenvalue weighted by Gasteiger charge is -2.32. The Balaban J connectivity index is 1.92. The van der Waals surface area contributed by atoms with Crippen LogP contribution in [0, 0.1) is 0 Å². The lowest BCUT2D eigenvalue weighted by Crippen LogP contribution is -2.45. The number of ether oxygens (including phenoxy) is 2. The smallest absolute Gasteiger partial charge is 0.426 e. The molecule has 0 aliphatic carbocycles. The first-order valence-electron chi connectivity index (χ1n) is 13.7. The van der Waals surface area contributed by atoms with Crippen molar-refractivity contribution < 1.29 is 40.3 Å². The van der Waals surface area contributed by atoms with Gasteiger partial charge in [0.1, 0.15) is 16.3 Å². The van der Waals surface area contributed by atoms with Crippen LogP contribution in [0.15, 0.2) is 57.9 Å². The van der Waals surface area contributed by atoms with E-state index >= 15 is 0 Å². The summed E-state index contributed by atoms with van der Waals surface area (Å²) in [6, 6.07) is 9.50. The minimum Gasteiger partial charge on any atom is -0.444 e. The van der Waals surface area contributed by atoms with E-state index in [2.05, 4.69) is 20.5 Å². The van der Waals surface area contributed by atoms with Crippen molar-refractivity contribution in [3.8, 4) is 11.6 Å². The molecule has 0 fully saturated rings. The normalized spacial score (nSPS) is 18.0. The van der Waals surface area contributed by atoms with Crippen LogP contribution in [0.25, 0.3) is 11.6 Å². The van der Waals surface area contributed by atoms with Crippen LogP contribution in [0.4, 0.5) is 29.5 Å². The summed E-state index contributed by atoms with van der Waals surface area (Å²) < 4.78 is 87.1. The average Bonchev–Trinajstić information content (AvgIpc) is 3.40. The lowest BCUT2D eigenvalue weighted by atomic mass is 9.95. The van der Waals surface area contributed by atoms with Crippen molar-refractivity contribution in [2.45, 2.75) is 68.9 Å². The number of anilines is 2. The monoisotopic (exact) mass is 637 g/mol. The molecule has 0 spiro atoms. The second-order valence-corrected chi connectivity index (χ2v) is 13.3. The van der Waals surface area contributed by atoms with Crippen LogP contribution in [0.3, 0.4) is 0 Å². The molecule has 3 heterocycles. The van der Waals surface area contributed by atoms with Gasteiger partial charge in [-0.15, -0.1) is 10.2 Å². The molecule has 1 amide bonds. The number of nitrogens with zero attached hydrogens (tertiary/aromatic N) is 4. The number of rotatable bonds is 5. The van der Waals surface area contributed by atoms with E-state index in [0.29, 0.717) is 12.0 Å². The number of benzene rings is 1.